The molecule has 0 saturated carbocycles. The van der Waals surface area contributed by atoms with E-state index in [1.165, 1.54) is 0 Å². The minimum Gasteiger partial charge on any atom is -0.691 e. The SMILES string of the molecule is CCCCC(=O)OCC(COP(=S)([S-])OCC[N+](C)(C)C)OC(=O)CCCC. The Bertz CT molecular complexity index is 513. The highest BCUT2D eigenvalue weighted by Gasteiger charge is 2.19. The van der Waals surface area contributed by atoms with Crippen molar-refractivity contribution in [3.05, 3.63) is 0 Å². The quantitative estimate of drug-likeness (QED) is 0.151. The maximum atomic E-state index is 11.9. The molecule has 28 heavy (non-hydrogen) atoms. The minimum absolute atomic E-state index is 0.0515. The molecular weight excluding hydrogens is 421 g/mol. The average molecular weight is 458 g/mol. The summed E-state index contributed by atoms with van der Waals surface area (Å²) in [5.41, 5.74) is -2.89. The van der Waals surface area contributed by atoms with Crippen molar-refractivity contribution in [2.75, 3.05) is 47.5 Å². The molecule has 0 aliphatic rings. The molecule has 0 bridgehead atoms. The van der Waals surface area contributed by atoms with Gasteiger partial charge in [0.25, 0.3) is 0 Å². The van der Waals surface area contributed by atoms with Crippen LogP contribution in [0.2, 0.25) is 0 Å². The van der Waals surface area contributed by atoms with Gasteiger partial charge >= 0.3 is 11.9 Å². The summed E-state index contributed by atoms with van der Waals surface area (Å²) in [4.78, 5) is 23.7. The molecule has 166 valence electrons. The fourth-order valence-corrected chi connectivity index (χ4v) is 3.44. The summed E-state index contributed by atoms with van der Waals surface area (Å²) in [6.07, 6.45) is 3.16. The van der Waals surface area contributed by atoms with Crippen LogP contribution in [0, 0.1) is 0 Å². The van der Waals surface area contributed by atoms with E-state index in [1.807, 2.05) is 35.0 Å². The van der Waals surface area contributed by atoms with E-state index < -0.39 is 11.8 Å². The Hall–Kier alpha value is -0.180. The van der Waals surface area contributed by atoms with Crippen molar-refractivity contribution in [1.82, 2.24) is 0 Å². The van der Waals surface area contributed by atoms with Crippen molar-refractivity contribution in [2.24, 2.45) is 0 Å². The summed E-state index contributed by atoms with van der Waals surface area (Å²) in [7, 11) is 6.11. The van der Waals surface area contributed by atoms with Crippen LogP contribution < -0.4 is 0 Å². The number of rotatable bonds is 16. The van der Waals surface area contributed by atoms with Gasteiger partial charge in [0.2, 0.25) is 0 Å². The lowest BCUT2D eigenvalue weighted by atomic mass is 10.2. The average Bonchev–Trinajstić information content (AvgIpc) is 2.59. The Balaban J connectivity index is 4.60. The van der Waals surface area contributed by atoms with Crippen LogP contribution in [0.4, 0.5) is 0 Å². The Morgan fingerprint density at radius 3 is 2.11 bits per heavy atom. The Morgan fingerprint density at radius 2 is 1.57 bits per heavy atom. The summed E-state index contributed by atoms with van der Waals surface area (Å²) in [5.74, 6) is -0.683. The molecule has 0 aliphatic heterocycles. The van der Waals surface area contributed by atoms with Gasteiger partial charge in [-0.2, -0.15) is 0 Å². The van der Waals surface area contributed by atoms with Crippen molar-refractivity contribution >= 4 is 41.7 Å². The zero-order chi connectivity index (χ0) is 21.6. The van der Waals surface area contributed by atoms with Gasteiger partial charge in [-0.1, -0.05) is 38.5 Å². The fourth-order valence-electron chi connectivity index (χ4n) is 1.90. The number of hydrogen-bond acceptors (Lipinski definition) is 8. The number of ether oxygens (including phenoxy) is 2. The Morgan fingerprint density at radius 1 is 1.00 bits per heavy atom. The number of unbranched alkanes of at least 4 members (excludes halogenated alkanes) is 2. The summed E-state index contributed by atoms with van der Waals surface area (Å²) < 4.78 is 22.4. The third-order valence-electron chi connectivity index (χ3n) is 3.63. The molecular formula is C18H36NO6PS2. The standard InChI is InChI=1S/C18H36NO6PS2/c1-6-8-10-17(20)22-14-16(25-18(21)11-9-7-2)15-24-26(27,28)23-13-12-19(3,4)5/h16H,6-15H2,1-5H3. The lowest BCUT2D eigenvalue weighted by Gasteiger charge is -2.32. The molecule has 0 fully saturated rings. The molecule has 2 unspecified atom stereocenters. The van der Waals surface area contributed by atoms with E-state index in [9.17, 15) is 9.59 Å². The number of likely N-dealkylation sites (N-methyl/N-ethyl adjacent to an activating group) is 1. The Kier molecular flexibility index (Phi) is 14.7. The van der Waals surface area contributed by atoms with Crippen molar-refractivity contribution in [3.8, 4) is 0 Å². The molecule has 0 rings (SSSR count). The molecule has 0 amide bonds. The predicted octanol–water partition coefficient (Wildman–Crippen LogP) is 3.33. The molecule has 0 saturated heterocycles. The van der Waals surface area contributed by atoms with Gasteiger partial charge in [-0.05, 0) is 12.8 Å². The topological polar surface area (TPSA) is 71.1 Å². The molecule has 0 aromatic rings. The van der Waals surface area contributed by atoms with Crippen LogP contribution in [0.3, 0.4) is 0 Å². The first-order chi connectivity index (χ1) is 13.0. The fraction of sp³-hybridized carbons (Fsp3) is 0.889. The molecule has 0 spiro atoms. The number of hydrogen-bond donors (Lipinski definition) is 0. The zero-order valence-electron chi connectivity index (χ0n) is 17.8. The first-order valence-corrected chi connectivity index (χ1v) is 13.4. The smallest absolute Gasteiger partial charge is 0.306 e. The van der Waals surface area contributed by atoms with Crippen LogP contribution in [-0.4, -0.2) is 70.0 Å². The van der Waals surface area contributed by atoms with E-state index in [1.54, 1.807) is 0 Å². The number of esters is 2. The molecule has 0 aliphatic carbocycles. The van der Waals surface area contributed by atoms with E-state index >= 15 is 0 Å². The molecule has 0 aromatic heterocycles. The van der Waals surface area contributed by atoms with Crippen LogP contribution >= 0.6 is 5.69 Å². The highest BCUT2D eigenvalue weighted by molar-refractivity contribution is 8.51. The second-order valence-electron chi connectivity index (χ2n) is 7.59. The maximum absolute atomic E-state index is 11.9. The number of nitrogens with zero attached hydrogens (tertiary/aromatic N) is 1. The number of quaternary nitrogens is 1. The second-order valence-corrected chi connectivity index (χ2v) is 12.6. The number of carbonyl (C=O) groups excluding carboxylic acids is 2. The van der Waals surface area contributed by atoms with Crippen molar-refractivity contribution in [2.45, 2.75) is 58.5 Å². The van der Waals surface area contributed by atoms with Gasteiger partial charge in [-0.25, -0.2) is 0 Å². The van der Waals surface area contributed by atoms with E-state index in [4.69, 9.17) is 42.6 Å². The van der Waals surface area contributed by atoms with E-state index in [2.05, 4.69) is 0 Å². The zero-order valence-corrected chi connectivity index (χ0v) is 20.3. The third-order valence-corrected chi connectivity index (χ3v) is 5.86. The molecule has 10 heteroatoms. The first-order valence-electron chi connectivity index (χ1n) is 9.74. The van der Waals surface area contributed by atoms with Gasteiger partial charge in [0.1, 0.15) is 19.8 Å². The van der Waals surface area contributed by atoms with Gasteiger partial charge in [0.15, 0.2) is 6.10 Å². The lowest BCUT2D eigenvalue weighted by molar-refractivity contribution is -0.870. The van der Waals surface area contributed by atoms with Gasteiger partial charge in [0.05, 0.1) is 33.4 Å². The summed E-state index contributed by atoms with van der Waals surface area (Å²) in [5, 5.41) is 0. The van der Waals surface area contributed by atoms with Crippen LogP contribution in [-0.2, 0) is 52.2 Å². The van der Waals surface area contributed by atoms with Gasteiger partial charge in [0, 0.05) is 12.8 Å². The van der Waals surface area contributed by atoms with Crippen molar-refractivity contribution in [1.29, 1.82) is 0 Å². The summed E-state index contributed by atoms with van der Waals surface area (Å²) in [6.45, 7) is 4.98. The summed E-state index contributed by atoms with van der Waals surface area (Å²) >= 11 is 10.5. The van der Waals surface area contributed by atoms with Gasteiger partial charge in [-0.15, -0.1) is 0 Å². The van der Waals surface area contributed by atoms with Crippen LogP contribution in [0.25, 0.3) is 0 Å². The molecule has 0 N–H and O–H groups in total. The van der Waals surface area contributed by atoms with Gasteiger partial charge < -0.3 is 35.3 Å². The van der Waals surface area contributed by atoms with E-state index in [0.29, 0.717) is 19.4 Å². The highest BCUT2D eigenvalue weighted by Crippen LogP contribution is 2.46. The first kappa shape index (κ1) is 27.8. The number of carbonyl (C=O) groups is 2. The van der Waals surface area contributed by atoms with Crippen molar-refractivity contribution in [3.63, 3.8) is 0 Å². The molecule has 7 nitrogen and oxygen atoms in total. The maximum Gasteiger partial charge on any atom is 0.306 e. The van der Waals surface area contributed by atoms with E-state index in [0.717, 1.165) is 36.7 Å². The van der Waals surface area contributed by atoms with Gasteiger partial charge in [-0.3, -0.25) is 9.59 Å². The largest absolute Gasteiger partial charge is 0.691 e. The normalized spacial score (nSPS) is 14.9. The van der Waals surface area contributed by atoms with E-state index in [-0.39, 0.29) is 25.2 Å². The minimum atomic E-state index is -2.89. The molecule has 0 radical (unpaired) electrons. The Labute approximate surface area is 180 Å². The predicted molar refractivity (Wildman–Crippen MR) is 116 cm³/mol. The van der Waals surface area contributed by atoms with Crippen molar-refractivity contribution < 1.29 is 32.6 Å². The molecule has 0 aromatic carbocycles. The highest BCUT2D eigenvalue weighted by atomic mass is 32.9. The lowest BCUT2D eigenvalue weighted by Crippen LogP contribution is -2.37. The monoisotopic (exact) mass is 457 g/mol. The van der Waals surface area contributed by atoms with Crippen LogP contribution in [0.1, 0.15) is 52.4 Å². The molecule has 0 heterocycles. The van der Waals surface area contributed by atoms with Crippen LogP contribution in [0.15, 0.2) is 0 Å². The molecule has 2 atom stereocenters. The van der Waals surface area contributed by atoms with Crippen LogP contribution in [0.5, 0.6) is 0 Å². The summed E-state index contributed by atoms with van der Waals surface area (Å²) in [6, 6.07) is 0. The second kappa shape index (κ2) is 14.7. The third kappa shape index (κ3) is 16.7.